The van der Waals surface area contributed by atoms with E-state index < -0.39 is 0 Å². The van der Waals surface area contributed by atoms with Gasteiger partial charge in [0.15, 0.2) is 0 Å². The molecule has 0 amide bonds. The highest BCUT2D eigenvalue weighted by Gasteiger charge is 2.01. The molecule has 0 bridgehead atoms. The third-order valence-electron chi connectivity index (χ3n) is 2.76. The molecular formula is C16H10N2O. The number of pyridine rings is 1. The summed E-state index contributed by atoms with van der Waals surface area (Å²) in [6, 6.07) is 14.7. The van der Waals surface area contributed by atoms with Crippen LogP contribution in [0.5, 0.6) is 0 Å². The molecule has 0 fully saturated rings. The summed E-state index contributed by atoms with van der Waals surface area (Å²) in [4.78, 5) is 16.1. The van der Waals surface area contributed by atoms with Gasteiger partial charge in [0.1, 0.15) is 11.3 Å². The van der Waals surface area contributed by atoms with E-state index in [1.54, 1.807) is 18.3 Å². The van der Waals surface area contributed by atoms with Crippen LogP contribution in [-0.2, 0) is 0 Å². The van der Waals surface area contributed by atoms with Gasteiger partial charge in [-0.1, -0.05) is 36.4 Å². The average Bonchev–Trinajstić information content (AvgIpc) is 2.89. The van der Waals surface area contributed by atoms with Crippen LogP contribution in [0.4, 0.5) is 0 Å². The first-order valence-corrected chi connectivity index (χ1v) is 5.88. The highest BCUT2D eigenvalue weighted by molar-refractivity contribution is 6.09. The van der Waals surface area contributed by atoms with Crippen molar-refractivity contribution in [3.63, 3.8) is 0 Å². The number of carbonyl (C=O) groups is 1. The Kier molecular flexibility index (Phi) is 2.83. The van der Waals surface area contributed by atoms with Crippen LogP contribution in [-0.4, -0.2) is 15.2 Å². The summed E-state index contributed by atoms with van der Waals surface area (Å²) in [6.45, 7) is 0. The zero-order chi connectivity index (χ0) is 13.1. The zero-order valence-electron chi connectivity index (χ0n) is 10.1. The van der Waals surface area contributed by atoms with E-state index in [1.165, 1.54) is 0 Å². The lowest BCUT2D eigenvalue weighted by molar-refractivity contribution is 0.105. The van der Waals surface area contributed by atoms with E-state index in [1.807, 2.05) is 47.0 Å². The summed E-state index contributed by atoms with van der Waals surface area (Å²) in [5.41, 5.74) is 2.13. The van der Waals surface area contributed by atoms with E-state index in [-0.39, 0.29) is 5.78 Å². The van der Waals surface area contributed by atoms with Crippen LogP contribution >= 0.6 is 0 Å². The number of fused-ring (bicyclic) bond motifs is 1. The third kappa shape index (κ3) is 2.24. The molecule has 0 N–H and O–H groups in total. The normalized spacial score (nSPS) is 9.89. The molecule has 0 radical (unpaired) electrons. The van der Waals surface area contributed by atoms with Crippen LogP contribution in [0, 0.1) is 11.8 Å². The molecule has 90 valence electrons. The maximum atomic E-state index is 11.9. The average molecular weight is 246 g/mol. The van der Waals surface area contributed by atoms with Crippen LogP contribution in [0.15, 0.2) is 60.9 Å². The number of carbonyl (C=O) groups excluding carboxylic acids is 1. The number of ketones is 1. The van der Waals surface area contributed by atoms with Gasteiger partial charge in [-0.05, 0) is 24.0 Å². The topological polar surface area (TPSA) is 34.4 Å². The van der Waals surface area contributed by atoms with Crippen LogP contribution in [0.3, 0.4) is 0 Å². The molecule has 2 aromatic heterocycles. The first-order valence-electron chi connectivity index (χ1n) is 5.88. The minimum atomic E-state index is -0.188. The maximum absolute atomic E-state index is 11.9. The second kappa shape index (κ2) is 4.79. The van der Waals surface area contributed by atoms with Gasteiger partial charge in [0, 0.05) is 11.8 Å². The largest absolute Gasteiger partial charge is 0.293 e. The number of nitrogens with zero attached hydrogens (tertiary/aromatic N) is 2. The Morgan fingerprint density at radius 1 is 1.05 bits per heavy atom. The van der Waals surface area contributed by atoms with Crippen molar-refractivity contribution < 1.29 is 4.79 Å². The lowest BCUT2D eigenvalue weighted by Gasteiger charge is -1.93. The second-order valence-electron chi connectivity index (χ2n) is 4.02. The molecule has 0 aliphatic carbocycles. The van der Waals surface area contributed by atoms with Gasteiger partial charge >= 0.3 is 0 Å². The van der Waals surface area contributed by atoms with E-state index in [0.717, 1.165) is 5.65 Å². The van der Waals surface area contributed by atoms with Gasteiger partial charge in [0.2, 0.25) is 5.78 Å². The maximum Gasteiger partial charge on any atom is 0.236 e. The van der Waals surface area contributed by atoms with Crippen LogP contribution in [0.1, 0.15) is 16.1 Å². The number of aromatic nitrogens is 2. The van der Waals surface area contributed by atoms with Gasteiger partial charge < -0.3 is 0 Å². The summed E-state index contributed by atoms with van der Waals surface area (Å²) < 4.78 is 1.85. The monoisotopic (exact) mass is 246 g/mol. The Bertz CT molecular complexity index is 791. The molecule has 0 aliphatic heterocycles. The van der Waals surface area contributed by atoms with E-state index >= 15 is 0 Å². The fourth-order valence-corrected chi connectivity index (χ4v) is 1.81. The number of Topliss-reactive ketones (excluding diaryl/α,β-unsaturated/α-hetero) is 1. The highest BCUT2D eigenvalue weighted by Crippen LogP contribution is 2.05. The highest BCUT2D eigenvalue weighted by atomic mass is 16.1. The summed E-state index contributed by atoms with van der Waals surface area (Å²) in [5, 5.41) is 0. The Hall–Kier alpha value is -2.86. The number of hydrogen-bond acceptors (Lipinski definition) is 2. The van der Waals surface area contributed by atoms with Crippen LogP contribution in [0.25, 0.3) is 5.65 Å². The van der Waals surface area contributed by atoms with Crippen molar-refractivity contribution in [2.24, 2.45) is 0 Å². The number of hydrogen-bond donors (Lipinski definition) is 0. The summed E-state index contributed by atoms with van der Waals surface area (Å²) in [7, 11) is 0. The third-order valence-corrected chi connectivity index (χ3v) is 2.76. The van der Waals surface area contributed by atoms with Crippen molar-refractivity contribution in [3.8, 4) is 11.8 Å². The van der Waals surface area contributed by atoms with Gasteiger partial charge in [-0.2, -0.15) is 0 Å². The zero-order valence-corrected chi connectivity index (χ0v) is 10.1. The number of imidazole rings is 1. The molecule has 0 unspecified atom stereocenters. The lowest BCUT2D eigenvalue weighted by Crippen LogP contribution is -1.94. The summed E-state index contributed by atoms with van der Waals surface area (Å²) in [6.07, 6.45) is 3.54. The molecule has 0 saturated heterocycles. The molecule has 3 nitrogen and oxygen atoms in total. The molecule has 2 heterocycles. The molecule has 19 heavy (non-hydrogen) atoms. The fourth-order valence-electron chi connectivity index (χ4n) is 1.81. The van der Waals surface area contributed by atoms with Crippen molar-refractivity contribution in [2.45, 2.75) is 0 Å². The van der Waals surface area contributed by atoms with Gasteiger partial charge in [-0.25, -0.2) is 4.98 Å². The van der Waals surface area contributed by atoms with Gasteiger partial charge in [0.25, 0.3) is 0 Å². The smallest absolute Gasteiger partial charge is 0.236 e. The van der Waals surface area contributed by atoms with Crippen molar-refractivity contribution in [3.05, 3.63) is 72.2 Å². The Labute approximate surface area is 110 Å². The Morgan fingerprint density at radius 3 is 2.68 bits per heavy atom. The molecular weight excluding hydrogens is 236 g/mol. The summed E-state index contributed by atoms with van der Waals surface area (Å²) in [5.74, 6) is 5.32. The molecule has 0 saturated carbocycles. The van der Waals surface area contributed by atoms with Crippen molar-refractivity contribution in [2.75, 3.05) is 0 Å². The predicted octanol–water partition coefficient (Wildman–Crippen LogP) is 2.57. The Balaban J connectivity index is 1.94. The molecule has 3 heteroatoms. The van der Waals surface area contributed by atoms with E-state index in [2.05, 4.69) is 16.8 Å². The van der Waals surface area contributed by atoms with Crippen molar-refractivity contribution >= 4 is 11.4 Å². The van der Waals surface area contributed by atoms with Crippen molar-refractivity contribution in [1.82, 2.24) is 9.38 Å². The standard InChI is InChI=1S/C16H10N2O/c19-15(13-6-2-1-3-7-13)10-9-14-12-17-16-8-4-5-11-18(14)16/h1-8,11-12H. The van der Waals surface area contributed by atoms with E-state index in [0.29, 0.717) is 11.3 Å². The van der Waals surface area contributed by atoms with E-state index in [4.69, 9.17) is 0 Å². The lowest BCUT2D eigenvalue weighted by atomic mass is 10.1. The molecule has 0 atom stereocenters. The number of rotatable bonds is 1. The molecule has 3 rings (SSSR count). The summed E-state index contributed by atoms with van der Waals surface area (Å²) >= 11 is 0. The SMILES string of the molecule is O=C(C#Cc1cnc2ccccn12)c1ccccc1. The van der Waals surface area contributed by atoms with Crippen molar-refractivity contribution in [1.29, 1.82) is 0 Å². The molecule has 0 aliphatic rings. The van der Waals surface area contributed by atoms with Crippen LogP contribution < -0.4 is 0 Å². The molecule has 3 aromatic rings. The van der Waals surface area contributed by atoms with Gasteiger partial charge in [-0.3, -0.25) is 9.20 Å². The minimum absolute atomic E-state index is 0.188. The molecule has 1 aromatic carbocycles. The quantitative estimate of drug-likeness (QED) is 0.488. The number of benzene rings is 1. The van der Waals surface area contributed by atoms with E-state index in [9.17, 15) is 4.79 Å². The Morgan fingerprint density at radius 2 is 1.84 bits per heavy atom. The predicted molar refractivity (Wildman–Crippen MR) is 72.8 cm³/mol. The first kappa shape index (κ1) is 11.2. The first-order chi connectivity index (χ1) is 9.34. The second-order valence-corrected chi connectivity index (χ2v) is 4.02. The molecule has 0 spiro atoms. The van der Waals surface area contributed by atoms with Gasteiger partial charge in [0.05, 0.1) is 6.20 Å². The minimum Gasteiger partial charge on any atom is -0.293 e. The fraction of sp³-hybridized carbons (Fsp3) is 0. The van der Waals surface area contributed by atoms with Crippen LogP contribution in [0.2, 0.25) is 0 Å². The van der Waals surface area contributed by atoms with Gasteiger partial charge in [-0.15, -0.1) is 0 Å².